The van der Waals surface area contributed by atoms with Crippen LogP contribution in [0.15, 0.2) is 11.6 Å². The second-order valence-electron chi connectivity index (χ2n) is 6.69. The molecule has 4 aliphatic carbocycles. The van der Waals surface area contributed by atoms with Gasteiger partial charge in [-0.15, -0.1) is 0 Å². The van der Waals surface area contributed by atoms with E-state index in [9.17, 15) is 9.59 Å². The predicted molar refractivity (Wildman–Crippen MR) is 67.0 cm³/mol. The summed E-state index contributed by atoms with van der Waals surface area (Å²) in [4.78, 5) is 23.3. The van der Waals surface area contributed by atoms with Crippen LogP contribution in [0.1, 0.15) is 45.4 Å². The first-order valence-electron chi connectivity index (χ1n) is 6.94. The molecule has 4 rings (SSSR count). The Kier molecular flexibility index (Phi) is 2.61. The topological polar surface area (TPSA) is 54.4 Å². The van der Waals surface area contributed by atoms with E-state index < -0.39 is 5.97 Å². The lowest BCUT2D eigenvalue weighted by Gasteiger charge is -2.55. The fourth-order valence-corrected chi connectivity index (χ4v) is 4.82. The maximum atomic E-state index is 12.5. The second-order valence-corrected chi connectivity index (χ2v) is 6.69. The Hall–Kier alpha value is -1.12. The quantitative estimate of drug-likeness (QED) is 0.781. The third-order valence-corrected chi connectivity index (χ3v) is 5.25. The number of hydrogen-bond donors (Lipinski definition) is 1. The highest BCUT2D eigenvalue weighted by atomic mass is 16.4. The first-order valence-corrected chi connectivity index (χ1v) is 6.94. The van der Waals surface area contributed by atoms with Gasteiger partial charge in [-0.2, -0.15) is 0 Å². The summed E-state index contributed by atoms with van der Waals surface area (Å²) in [6, 6.07) is 0. The monoisotopic (exact) mass is 248 g/mol. The lowest BCUT2D eigenvalue weighted by Crippen LogP contribution is -2.49. The number of carboxylic acids is 1. The molecule has 3 nitrogen and oxygen atoms in total. The number of carbonyl (C=O) groups is 2. The highest BCUT2D eigenvalue weighted by molar-refractivity contribution is 6.01. The van der Waals surface area contributed by atoms with Crippen molar-refractivity contribution in [2.24, 2.45) is 23.2 Å². The summed E-state index contributed by atoms with van der Waals surface area (Å²) >= 11 is 0. The van der Waals surface area contributed by atoms with E-state index in [1.54, 1.807) is 0 Å². The van der Waals surface area contributed by atoms with Gasteiger partial charge in [0.25, 0.3) is 0 Å². The smallest absolute Gasteiger partial charge is 0.331 e. The third kappa shape index (κ3) is 1.80. The van der Waals surface area contributed by atoms with Crippen LogP contribution in [0.5, 0.6) is 0 Å². The molecule has 0 aliphatic heterocycles. The Balaban J connectivity index is 1.85. The zero-order chi connectivity index (χ0) is 12.9. The summed E-state index contributed by atoms with van der Waals surface area (Å²) in [6.07, 6.45) is 8.29. The molecular weight excluding hydrogens is 228 g/mol. The number of aliphatic carboxylic acids is 1. The molecule has 98 valence electrons. The van der Waals surface area contributed by atoms with Crippen molar-refractivity contribution in [1.29, 1.82) is 0 Å². The average molecular weight is 248 g/mol. The average Bonchev–Trinajstić information content (AvgIpc) is 2.26. The molecule has 0 aromatic rings. The fraction of sp³-hybridized carbons (Fsp3) is 0.733. The fourth-order valence-electron chi connectivity index (χ4n) is 4.82. The number of allylic oxidation sites excluding steroid dienone is 1. The van der Waals surface area contributed by atoms with Gasteiger partial charge >= 0.3 is 5.97 Å². The summed E-state index contributed by atoms with van der Waals surface area (Å²) < 4.78 is 0. The summed E-state index contributed by atoms with van der Waals surface area (Å²) in [5.41, 5.74) is -0.0263. The van der Waals surface area contributed by atoms with E-state index in [-0.39, 0.29) is 16.8 Å². The standard InChI is InChI=1S/C15H20O3/c1-9(14(17)18)2-13(16)15-6-10-3-11(7-15)5-12(4-10)8-15/h2,10-12H,3-8H2,1H3,(H,17,18)/b9-2+. The number of hydrogen-bond acceptors (Lipinski definition) is 2. The summed E-state index contributed by atoms with van der Waals surface area (Å²) in [7, 11) is 0. The molecule has 4 fully saturated rings. The molecule has 0 atom stereocenters. The van der Waals surface area contributed by atoms with Crippen molar-refractivity contribution in [3.8, 4) is 0 Å². The second kappa shape index (κ2) is 3.94. The zero-order valence-corrected chi connectivity index (χ0v) is 10.8. The molecule has 4 aliphatic rings. The van der Waals surface area contributed by atoms with Crippen LogP contribution in [0.2, 0.25) is 0 Å². The zero-order valence-electron chi connectivity index (χ0n) is 10.8. The highest BCUT2D eigenvalue weighted by Crippen LogP contribution is 2.60. The van der Waals surface area contributed by atoms with Gasteiger partial charge < -0.3 is 5.11 Å². The molecular formula is C15H20O3. The van der Waals surface area contributed by atoms with E-state index in [1.807, 2.05) is 0 Å². The van der Waals surface area contributed by atoms with Gasteiger partial charge in [-0.1, -0.05) is 0 Å². The highest BCUT2D eigenvalue weighted by Gasteiger charge is 2.53. The molecule has 0 heterocycles. The predicted octanol–water partition coefficient (Wildman–Crippen LogP) is 2.80. The van der Waals surface area contributed by atoms with E-state index in [2.05, 4.69) is 0 Å². The van der Waals surface area contributed by atoms with E-state index in [0.29, 0.717) is 0 Å². The van der Waals surface area contributed by atoms with Crippen molar-refractivity contribution in [1.82, 2.24) is 0 Å². The van der Waals surface area contributed by atoms with Gasteiger partial charge in [0.2, 0.25) is 0 Å². The SMILES string of the molecule is C/C(=C\C(=O)C12CC3CC(CC(C3)C1)C2)C(=O)O. The molecule has 0 aromatic carbocycles. The van der Waals surface area contributed by atoms with Crippen molar-refractivity contribution in [3.63, 3.8) is 0 Å². The van der Waals surface area contributed by atoms with Gasteiger partial charge in [0, 0.05) is 11.0 Å². The van der Waals surface area contributed by atoms with Crippen LogP contribution in [0, 0.1) is 23.2 Å². The largest absolute Gasteiger partial charge is 0.478 e. The summed E-state index contributed by atoms with van der Waals surface area (Å²) in [5, 5.41) is 8.89. The lowest BCUT2D eigenvalue weighted by molar-refractivity contribution is -0.139. The van der Waals surface area contributed by atoms with Crippen molar-refractivity contribution in [2.45, 2.75) is 45.4 Å². The molecule has 0 saturated heterocycles. The molecule has 0 spiro atoms. The van der Waals surface area contributed by atoms with E-state index in [0.717, 1.165) is 37.0 Å². The Morgan fingerprint density at radius 1 is 1.06 bits per heavy atom. The van der Waals surface area contributed by atoms with Gasteiger partial charge in [-0.05, 0) is 69.3 Å². The van der Waals surface area contributed by atoms with Gasteiger partial charge in [-0.25, -0.2) is 4.79 Å². The maximum Gasteiger partial charge on any atom is 0.331 e. The maximum absolute atomic E-state index is 12.5. The first kappa shape index (κ1) is 11.9. The van der Waals surface area contributed by atoms with Gasteiger partial charge in [-0.3, -0.25) is 4.79 Å². The van der Waals surface area contributed by atoms with Crippen LogP contribution in [0.3, 0.4) is 0 Å². The Bertz CT molecular complexity index is 398. The molecule has 4 saturated carbocycles. The van der Waals surface area contributed by atoms with E-state index in [4.69, 9.17) is 5.11 Å². The van der Waals surface area contributed by atoms with Crippen LogP contribution < -0.4 is 0 Å². The molecule has 0 amide bonds. The van der Waals surface area contributed by atoms with Crippen molar-refractivity contribution in [2.75, 3.05) is 0 Å². The summed E-state index contributed by atoms with van der Waals surface area (Å²) in [5.74, 6) is 1.27. The van der Waals surface area contributed by atoms with Gasteiger partial charge in [0.1, 0.15) is 0 Å². The van der Waals surface area contributed by atoms with Crippen LogP contribution in [-0.2, 0) is 9.59 Å². The van der Waals surface area contributed by atoms with Crippen LogP contribution in [0.4, 0.5) is 0 Å². The van der Waals surface area contributed by atoms with E-state index in [1.165, 1.54) is 32.3 Å². The first-order chi connectivity index (χ1) is 8.48. The van der Waals surface area contributed by atoms with E-state index >= 15 is 0 Å². The van der Waals surface area contributed by atoms with Gasteiger partial charge in [0.05, 0.1) is 0 Å². The Morgan fingerprint density at radius 2 is 1.50 bits per heavy atom. The number of carboxylic acid groups (broad SMARTS) is 1. The lowest BCUT2D eigenvalue weighted by atomic mass is 9.48. The van der Waals surface area contributed by atoms with Crippen molar-refractivity contribution >= 4 is 11.8 Å². The summed E-state index contributed by atoms with van der Waals surface area (Å²) in [6.45, 7) is 1.51. The molecule has 0 aromatic heterocycles. The molecule has 3 heteroatoms. The minimum atomic E-state index is -0.979. The van der Waals surface area contributed by atoms with Crippen LogP contribution in [0.25, 0.3) is 0 Å². The molecule has 4 bridgehead atoms. The number of rotatable bonds is 3. The Morgan fingerprint density at radius 3 is 1.89 bits per heavy atom. The molecule has 18 heavy (non-hydrogen) atoms. The minimum absolute atomic E-state index is 0.0847. The molecule has 0 radical (unpaired) electrons. The Labute approximate surface area is 107 Å². The molecule has 1 N–H and O–H groups in total. The van der Waals surface area contributed by atoms with Crippen molar-refractivity contribution < 1.29 is 14.7 Å². The number of carbonyl (C=O) groups excluding carboxylic acids is 1. The van der Waals surface area contributed by atoms with Crippen molar-refractivity contribution in [3.05, 3.63) is 11.6 Å². The van der Waals surface area contributed by atoms with Gasteiger partial charge in [0.15, 0.2) is 5.78 Å². The van der Waals surface area contributed by atoms with Crippen LogP contribution >= 0.6 is 0 Å². The molecule has 0 unspecified atom stereocenters. The minimum Gasteiger partial charge on any atom is -0.478 e. The third-order valence-electron chi connectivity index (χ3n) is 5.25. The normalized spacial score (nSPS) is 42.1. The number of ketones is 1. The van der Waals surface area contributed by atoms with Crippen LogP contribution in [-0.4, -0.2) is 16.9 Å².